The van der Waals surface area contributed by atoms with E-state index in [0.29, 0.717) is 37.8 Å². The van der Waals surface area contributed by atoms with Gasteiger partial charge in [-0.25, -0.2) is 8.42 Å². The second-order valence-corrected chi connectivity index (χ2v) is 9.27. The van der Waals surface area contributed by atoms with Gasteiger partial charge in [-0.15, -0.1) is 0 Å². The molecule has 0 spiro atoms. The lowest BCUT2D eigenvalue weighted by Gasteiger charge is -2.19. The molecule has 32 heavy (non-hydrogen) atoms. The first-order chi connectivity index (χ1) is 15.4. The van der Waals surface area contributed by atoms with Crippen LogP contribution in [0.5, 0.6) is 11.5 Å². The van der Waals surface area contributed by atoms with Crippen LogP contribution in [0, 0.1) is 10.1 Å². The fraction of sp³-hybridized carbons (Fsp3) is 0.286. The summed E-state index contributed by atoms with van der Waals surface area (Å²) in [6.45, 7) is 1.92. The van der Waals surface area contributed by atoms with Crippen molar-refractivity contribution in [3.63, 3.8) is 0 Å². The summed E-state index contributed by atoms with van der Waals surface area (Å²) in [6, 6.07) is 10.3. The predicted molar refractivity (Wildman–Crippen MR) is 113 cm³/mol. The molecule has 0 atom stereocenters. The second kappa shape index (κ2) is 7.83. The third-order valence-corrected chi connectivity index (χ3v) is 7.03. The van der Waals surface area contributed by atoms with Gasteiger partial charge in [0, 0.05) is 25.2 Å². The van der Waals surface area contributed by atoms with Crippen molar-refractivity contribution in [2.24, 2.45) is 0 Å². The van der Waals surface area contributed by atoms with Crippen LogP contribution in [0.25, 0.3) is 11.5 Å². The standard InChI is InChI=1S/C21H19N3O7S/c25-24(26)16-6-2-1-5-15(16)19-22-20(21(31-19)23-9-3-4-10-23)32(27,28)14-7-8-17-18(13-14)30-12-11-29-17/h1-2,5-8,13H,3-4,9-12H2. The summed E-state index contributed by atoms with van der Waals surface area (Å²) in [5.74, 6) is 0.777. The highest BCUT2D eigenvalue weighted by molar-refractivity contribution is 7.91. The largest absolute Gasteiger partial charge is 0.486 e. The third kappa shape index (κ3) is 3.44. The number of aromatic nitrogens is 1. The molecule has 3 heterocycles. The van der Waals surface area contributed by atoms with Crippen LogP contribution in [0.3, 0.4) is 0 Å². The fourth-order valence-electron chi connectivity index (χ4n) is 3.82. The minimum absolute atomic E-state index is 0.0235. The minimum Gasteiger partial charge on any atom is -0.486 e. The first-order valence-corrected chi connectivity index (χ1v) is 11.6. The van der Waals surface area contributed by atoms with Gasteiger partial charge in [0.15, 0.2) is 11.5 Å². The lowest BCUT2D eigenvalue weighted by atomic mass is 10.2. The van der Waals surface area contributed by atoms with Gasteiger partial charge in [-0.3, -0.25) is 10.1 Å². The smallest absolute Gasteiger partial charge is 0.282 e. The van der Waals surface area contributed by atoms with Crippen LogP contribution in [0.2, 0.25) is 0 Å². The summed E-state index contributed by atoms with van der Waals surface area (Å²) in [7, 11) is -4.11. The van der Waals surface area contributed by atoms with Crippen molar-refractivity contribution in [3.8, 4) is 23.0 Å². The van der Waals surface area contributed by atoms with E-state index in [1.807, 2.05) is 0 Å². The number of anilines is 1. The Morgan fingerprint density at radius 2 is 1.72 bits per heavy atom. The maximum Gasteiger partial charge on any atom is 0.282 e. The number of nitro groups is 1. The molecule has 1 aromatic heterocycles. The summed E-state index contributed by atoms with van der Waals surface area (Å²) >= 11 is 0. The van der Waals surface area contributed by atoms with Gasteiger partial charge >= 0.3 is 0 Å². The van der Waals surface area contributed by atoms with Gasteiger partial charge in [-0.1, -0.05) is 12.1 Å². The van der Waals surface area contributed by atoms with Gasteiger partial charge in [-0.2, -0.15) is 4.98 Å². The molecule has 1 fully saturated rings. The molecule has 0 N–H and O–H groups in total. The van der Waals surface area contributed by atoms with Crippen molar-refractivity contribution in [2.45, 2.75) is 22.8 Å². The number of nitrogens with zero attached hydrogens (tertiary/aromatic N) is 3. The Labute approximate surface area is 183 Å². The van der Waals surface area contributed by atoms with Gasteiger partial charge < -0.3 is 18.8 Å². The molecule has 1 saturated heterocycles. The van der Waals surface area contributed by atoms with E-state index in [2.05, 4.69) is 4.98 Å². The number of rotatable bonds is 5. The molecule has 2 aliphatic rings. The Balaban J connectivity index is 1.65. The van der Waals surface area contributed by atoms with Crippen LogP contribution in [0.15, 0.2) is 56.8 Å². The number of ether oxygens (including phenoxy) is 2. The predicted octanol–water partition coefficient (Wildman–Crippen LogP) is 3.45. The number of hydrogen-bond acceptors (Lipinski definition) is 9. The molecule has 0 saturated carbocycles. The van der Waals surface area contributed by atoms with E-state index < -0.39 is 14.8 Å². The number of fused-ring (bicyclic) bond motifs is 1. The number of benzene rings is 2. The average Bonchev–Trinajstić information content (AvgIpc) is 3.49. The van der Waals surface area contributed by atoms with Crippen molar-refractivity contribution in [2.75, 3.05) is 31.2 Å². The highest BCUT2D eigenvalue weighted by atomic mass is 32.2. The summed E-state index contributed by atoms with van der Waals surface area (Å²) in [4.78, 5) is 17.0. The summed E-state index contributed by atoms with van der Waals surface area (Å²) in [6.07, 6.45) is 1.76. The zero-order valence-corrected chi connectivity index (χ0v) is 17.7. The van der Waals surface area contributed by atoms with Crippen molar-refractivity contribution in [1.82, 2.24) is 4.98 Å². The van der Waals surface area contributed by atoms with E-state index in [4.69, 9.17) is 13.9 Å². The van der Waals surface area contributed by atoms with E-state index in [9.17, 15) is 18.5 Å². The van der Waals surface area contributed by atoms with Gasteiger partial charge in [0.05, 0.1) is 9.82 Å². The van der Waals surface area contributed by atoms with Crippen molar-refractivity contribution in [1.29, 1.82) is 0 Å². The van der Waals surface area contributed by atoms with Crippen LogP contribution in [-0.4, -0.2) is 44.6 Å². The van der Waals surface area contributed by atoms with Crippen LogP contribution in [0.1, 0.15) is 12.8 Å². The van der Waals surface area contributed by atoms with Crippen molar-refractivity contribution < 1.29 is 27.2 Å². The Bertz CT molecular complexity index is 1300. The lowest BCUT2D eigenvalue weighted by Crippen LogP contribution is -2.20. The number of para-hydroxylation sites is 1. The first kappa shape index (κ1) is 20.3. The van der Waals surface area contributed by atoms with Gasteiger partial charge in [-0.05, 0) is 31.0 Å². The van der Waals surface area contributed by atoms with E-state index in [-0.39, 0.29) is 32.9 Å². The number of oxazole rings is 1. The molecular weight excluding hydrogens is 438 g/mol. The quantitative estimate of drug-likeness (QED) is 0.418. The van der Waals surface area contributed by atoms with E-state index in [1.54, 1.807) is 17.0 Å². The van der Waals surface area contributed by atoms with E-state index in [0.717, 1.165) is 12.8 Å². The molecular formula is C21H19N3O7S. The topological polar surface area (TPSA) is 125 Å². The molecule has 0 radical (unpaired) electrons. The van der Waals surface area contributed by atoms with Crippen LogP contribution in [0.4, 0.5) is 11.6 Å². The highest BCUT2D eigenvalue weighted by Crippen LogP contribution is 2.40. The SMILES string of the molecule is O=[N+]([O-])c1ccccc1-c1nc(S(=O)(=O)c2ccc3c(c2)OCCO3)c(N2CCCC2)o1. The van der Waals surface area contributed by atoms with Crippen LogP contribution < -0.4 is 14.4 Å². The molecule has 0 aliphatic carbocycles. The maximum absolute atomic E-state index is 13.6. The number of sulfone groups is 1. The average molecular weight is 457 g/mol. The zero-order chi connectivity index (χ0) is 22.3. The molecule has 11 heteroatoms. The van der Waals surface area contributed by atoms with Crippen LogP contribution >= 0.6 is 0 Å². The van der Waals surface area contributed by atoms with E-state index in [1.165, 1.54) is 30.3 Å². The summed E-state index contributed by atoms with van der Waals surface area (Å²) in [5.41, 5.74) is -0.105. The van der Waals surface area contributed by atoms with Crippen LogP contribution in [-0.2, 0) is 9.84 Å². The fourth-order valence-corrected chi connectivity index (χ4v) is 5.16. The Hall–Kier alpha value is -3.60. The lowest BCUT2D eigenvalue weighted by molar-refractivity contribution is -0.384. The molecule has 166 valence electrons. The van der Waals surface area contributed by atoms with Gasteiger partial charge in [0.1, 0.15) is 18.8 Å². The number of nitro benzene ring substituents is 1. The van der Waals surface area contributed by atoms with Crippen molar-refractivity contribution >= 4 is 21.4 Å². The third-order valence-electron chi connectivity index (χ3n) is 5.38. The second-order valence-electron chi connectivity index (χ2n) is 7.41. The van der Waals surface area contributed by atoms with E-state index >= 15 is 0 Å². The Morgan fingerprint density at radius 1 is 1.00 bits per heavy atom. The molecule has 2 aliphatic heterocycles. The maximum atomic E-state index is 13.6. The molecule has 2 aromatic carbocycles. The molecule has 5 rings (SSSR count). The summed E-state index contributed by atoms with van der Waals surface area (Å²) < 4.78 is 44.0. The van der Waals surface area contributed by atoms with Crippen molar-refractivity contribution in [3.05, 3.63) is 52.6 Å². The normalized spacial score (nSPS) is 15.7. The number of hydrogen-bond donors (Lipinski definition) is 0. The van der Waals surface area contributed by atoms with Gasteiger partial charge in [0.25, 0.3) is 5.69 Å². The Morgan fingerprint density at radius 3 is 2.47 bits per heavy atom. The molecule has 0 bridgehead atoms. The monoisotopic (exact) mass is 457 g/mol. The molecule has 3 aromatic rings. The Kier molecular flexibility index (Phi) is 4.97. The molecule has 0 amide bonds. The highest BCUT2D eigenvalue weighted by Gasteiger charge is 2.34. The summed E-state index contributed by atoms with van der Waals surface area (Å²) in [5, 5.41) is 11.2. The molecule has 0 unspecified atom stereocenters. The molecule has 10 nitrogen and oxygen atoms in total. The first-order valence-electron chi connectivity index (χ1n) is 10.1. The van der Waals surface area contributed by atoms with Gasteiger partial charge in [0.2, 0.25) is 26.6 Å². The zero-order valence-electron chi connectivity index (χ0n) is 16.9. The minimum atomic E-state index is -4.11.